The van der Waals surface area contributed by atoms with Crippen molar-refractivity contribution in [3.63, 3.8) is 0 Å². The van der Waals surface area contributed by atoms with E-state index in [1.165, 1.54) is 6.07 Å². The van der Waals surface area contributed by atoms with Crippen molar-refractivity contribution in [1.29, 1.82) is 0 Å². The fourth-order valence-corrected chi connectivity index (χ4v) is 3.16. The number of hydrogen-bond acceptors (Lipinski definition) is 6. The van der Waals surface area contributed by atoms with Gasteiger partial charge in [-0.25, -0.2) is 0 Å². The van der Waals surface area contributed by atoms with Crippen LogP contribution in [0, 0.1) is 10.1 Å². The summed E-state index contributed by atoms with van der Waals surface area (Å²) in [6, 6.07) is 6.51. The van der Waals surface area contributed by atoms with Crippen molar-refractivity contribution >= 4 is 28.9 Å². The summed E-state index contributed by atoms with van der Waals surface area (Å²) >= 11 is 0. The molecule has 2 N–H and O–H groups in total. The molecule has 0 radical (unpaired) electrons. The molecule has 1 fully saturated rings. The number of guanidine groups is 1. The van der Waals surface area contributed by atoms with E-state index in [1.807, 2.05) is 18.1 Å². The first-order chi connectivity index (χ1) is 14.0. The number of para-hydroxylation sites is 2. The van der Waals surface area contributed by atoms with E-state index in [1.54, 1.807) is 41.0 Å². The van der Waals surface area contributed by atoms with Gasteiger partial charge in [0.1, 0.15) is 12.2 Å². The first-order valence-corrected chi connectivity index (χ1v) is 9.21. The molecule has 11 nitrogen and oxygen atoms in total. The number of aromatic nitrogens is 2. The summed E-state index contributed by atoms with van der Waals surface area (Å²) < 4.78 is 1.67. The zero-order valence-corrected chi connectivity index (χ0v) is 16.4. The summed E-state index contributed by atoms with van der Waals surface area (Å²) in [4.78, 5) is 31.0. The molecule has 11 heteroatoms. The normalized spacial score (nSPS) is 14.8. The molecule has 29 heavy (non-hydrogen) atoms. The SMILES string of the molecule is CN=C(NCCNc1ccccc1[N+](=O)[O-])N1CCN(c2cnn(C)c2)C(=O)C1. The van der Waals surface area contributed by atoms with E-state index in [-0.39, 0.29) is 18.1 Å². The van der Waals surface area contributed by atoms with Gasteiger partial charge < -0.3 is 20.4 Å². The van der Waals surface area contributed by atoms with Gasteiger partial charge in [-0.3, -0.25) is 24.6 Å². The van der Waals surface area contributed by atoms with Gasteiger partial charge >= 0.3 is 0 Å². The highest BCUT2D eigenvalue weighted by Crippen LogP contribution is 2.22. The Kier molecular flexibility index (Phi) is 6.27. The third-order valence-corrected chi connectivity index (χ3v) is 4.56. The lowest BCUT2D eigenvalue weighted by atomic mass is 10.2. The number of aliphatic imine (C=N–C) groups is 1. The summed E-state index contributed by atoms with van der Waals surface area (Å²) in [5, 5.41) is 21.4. The van der Waals surface area contributed by atoms with Crippen molar-refractivity contribution in [2.24, 2.45) is 12.0 Å². The number of anilines is 2. The van der Waals surface area contributed by atoms with Crippen molar-refractivity contribution in [2.45, 2.75) is 0 Å². The first-order valence-electron chi connectivity index (χ1n) is 9.21. The molecule has 1 aliphatic rings. The minimum atomic E-state index is -0.415. The van der Waals surface area contributed by atoms with Crippen LogP contribution in [-0.4, -0.2) is 71.2 Å². The van der Waals surface area contributed by atoms with Crippen LogP contribution in [-0.2, 0) is 11.8 Å². The minimum absolute atomic E-state index is 0.0229. The van der Waals surface area contributed by atoms with Crippen molar-refractivity contribution < 1.29 is 9.72 Å². The molecule has 0 aliphatic carbocycles. The maximum absolute atomic E-state index is 12.5. The van der Waals surface area contributed by atoms with Crippen LogP contribution in [0.5, 0.6) is 0 Å². The van der Waals surface area contributed by atoms with Crippen molar-refractivity contribution in [3.8, 4) is 0 Å². The second-order valence-electron chi connectivity index (χ2n) is 6.51. The van der Waals surface area contributed by atoms with Gasteiger partial charge in [-0.2, -0.15) is 5.10 Å². The molecule has 1 aromatic heterocycles. The predicted octanol–water partition coefficient (Wildman–Crippen LogP) is 0.664. The highest BCUT2D eigenvalue weighted by molar-refractivity contribution is 5.98. The van der Waals surface area contributed by atoms with E-state index >= 15 is 0 Å². The third-order valence-electron chi connectivity index (χ3n) is 4.56. The Hall–Kier alpha value is -3.63. The second kappa shape index (κ2) is 9.04. The van der Waals surface area contributed by atoms with Crippen LogP contribution in [0.25, 0.3) is 0 Å². The molecule has 154 valence electrons. The van der Waals surface area contributed by atoms with Crippen LogP contribution in [0.3, 0.4) is 0 Å². The summed E-state index contributed by atoms with van der Waals surface area (Å²) in [6.07, 6.45) is 3.49. The van der Waals surface area contributed by atoms with Gasteiger partial charge in [0.05, 0.1) is 16.8 Å². The van der Waals surface area contributed by atoms with Crippen LogP contribution >= 0.6 is 0 Å². The number of nitro groups is 1. The quantitative estimate of drug-likeness (QED) is 0.240. The highest BCUT2D eigenvalue weighted by atomic mass is 16.6. The molecule has 1 aliphatic heterocycles. The van der Waals surface area contributed by atoms with Crippen LogP contribution < -0.4 is 15.5 Å². The summed E-state index contributed by atoms with van der Waals surface area (Å²) in [5.41, 5.74) is 1.29. The maximum Gasteiger partial charge on any atom is 0.292 e. The molecule has 1 aromatic carbocycles. The fraction of sp³-hybridized carbons (Fsp3) is 0.389. The molecule has 0 atom stereocenters. The van der Waals surface area contributed by atoms with Gasteiger partial charge in [-0.1, -0.05) is 12.1 Å². The lowest BCUT2D eigenvalue weighted by molar-refractivity contribution is -0.384. The average Bonchev–Trinajstić information content (AvgIpc) is 3.14. The Bertz CT molecular complexity index is 910. The van der Waals surface area contributed by atoms with Crippen molar-refractivity contribution in [1.82, 2.24) is 20.0 Å². The van der Waals surface area contributed by atoms with E-state index in [0.717, 1.165) is 5.69 Å². The number of rotatable bonds is 6. The number of benzene rings is 1. The van der Waals surface area contributed by atoms with Gasteiger partial charge in [0.2, 0.25) is 5.91 Å². The lowest BCUT2D eigenvalue weighted by Crippen LogP contribution is -2.55. The third kappa shape index (κ3) is 4.81. The second-order valence-corrected chi connectivity index (χ2v) is 6.51. The highest BCUT2D eigenvalue weighted by Gasteiger charge is 2.27. The van der Waals surface area contributed by atoms with Crippen molar-refractivity contribution in [2.75, 3.05) is 50.0 Å². The fourth-order valence-electron chi connectivity index (χ4n) is 3.16. The largest absolute Gasteiger partial charge is 0.378 e. The van der Waals surface area contributed by atoms with Crippen LogP contribution in [0.4, 0.5) is 17.1 Å². The molecular formula is C18H24N8O3. The Balaban J connectivity index is 1.50. The van der Waals surface area contributed by atoms with Gasteiger partial charge in [0, 0.05) is 52.5 Å². The lowest BCUT2D eigenvalue weighted by Gasteiger charge is -2.35. The van der Waals surface area contributed by atoms with Gasteiger partial charge in [0.15, 0.2) is 5.96 Å². The van der Waals surface area contributed by atoms with E-state index in [0.29, 0.717) is 37.8 Å². The summed E-state index contributed by atoms with van der Waals surface area (Å²) in [7, 11) is 3.48. The number of carbonyl (C=O) groups is 1. The van der Waals surface area contributed by atoms with Gasteiger partial charge in [-0.05, 0) is 6.07 Å². The molecule has 1 saturated heterocycles. The molecule has 0 unspecified atom stereocenters. The van der Waals surface area contributed by atoms with E-state index in [2.05, 4.69) is 20.7 Å². The molecular weight excluding hydrogens is 376 g/mol. The number of nitrogens with zero attached hydrogens (tertiary/aromatic N) is 6. The molecule has 3 rings (SSSR count). The first kappa shape index (κ1) is 20.1. The topological polar surface area (TPSA) is 121 Å². The molecule has 0 saturated carbocycles. The molecule has 2 heterocycles. The number of nitro benzene ring substituents is 1. The number of carbonyl (C=O) groups excluding carboxylic acids is 1. The zero-order chi connectivity index (χ0) is 20.8. The smallest absolute Gasteiger partial charge is 0.292 e. The van der Waals surface area contributed by atoms with Crippen molar-refractivity contribution in [3.05, 3.63) is 46.8 Å². The maximum atomic E-state index is 12.5. The van der Waals surface area contributed by atoms with Gasteiger partial charge in [-0.15, -0.1) is 0 Å². The molecule has 0 bridgehead atoms. The Morgan fingerprint density at radius 1 is 1.31 bits per heavy atom. The monoisotopic (exact) mass is 400 g/mol. The standard InChI is InChI=1S/C18H24N8O3/c1-19-18(21-8-7-20-15-5-3-4-6-16(15)26(28)29)24-9-10-25(17(27)13-24)14-11-22-23(2)12-14/h3-6,11-12,20H,7-10,13H2,1-2H3,(H,19,21). The summed E-state index contributed by atoms with van der Waals surface area (Å²) in [5.74, 6) is 0.596. The number of aryl methyl sites for hydroxylation is 1. The van der Waals surface area contributed by atoms with Gasteiger partial charge in [0.25, 0.3) is 5.69 Å². The van der Waals surface area contributed by atoms with E-state index < -0.39 is 4.92 Å². The number of amides is 1. The molecule has 2 aromatic rings. The van der Waals surface area contributed by atoms with E-state index in [4.69, 9.17) is 0 Å². The number of hydrogen-bond donors (Lipinski definition) is 2. The predicted molar refractivity (Wildman–Crippen MR) is 110 cm³/mol. The number of nitrogens with one attached hydrogen (secondary N) is 2. The van der Waals surface area contributed by atoms with Crippen LogP contribution in [0.1, 0.15) is 0 Å². The Labute approximate surface area is 168 Å². The Morgan fingerprint density at radius 2 is 2.10 bits per heavy atom. The Morgan fingerprint density at radius 3 is 2.76 bits per heavy atom. The molecule has 1 amide bonds. The zero-order valence-electron chi connectivity index (χ0n) is 16.4. The van der Waals surface area contributed by atoms with Crippen LogP contribution in [0.15, 0.2) is 41.7 Å². The number of piperazine rings is 1. The summed E-state index contributed by atoms with van der Waals surface area (Å²) in [6.45, 7) is 2.35. The minimum Gasteiger partial charge on any atom is -0.378 e. The average molecular weight is 400 g/mol. The van der Waals surface area contributed by atoms with Crippen LogP contribution in [0.2, 0.25) is 0 Å². The van der Waals surface area contributed by atoms with E-state index in [9.17, 15) is 14.9 Å². The molecule has 0 spiro atoms.